The van der Waals surface area contributed by atoms with Crippen molar-refractivity contribution in [3.8, 4) is 0 Å². The van der Waals surface area contributed by atoms with Crippen molar-refractivity contribution in [1.82, 2.24) is 9.37 Å². The van der Waals surface area contributed by atoms with E-state index in [1.165, 1.54) is 29.8 Å². The van der Waals surface area contributed by atoms with Crippen molar-refractivity contribution in [2.75, 3.05) is 13.2 Å². The summed E-state index contributed by atoms with van der Waals surface area (Å²) < 4.78 is 29.0. The molecule has 0 N–H and O–H groups in total. The van der Waals surface area contributed by atoms with Crippen molar-refractivity contribution in [3.05, 3.63) is 70.3 Å². The molecule has 2 aromatic rings. The molecule has 2 aromatic carbocycles. The maximum absolute atomic E-state index is 13.7. The Labute approximate surface area is 214 Å². The highest BCUT2D eigenvalue weighted by Gasteiger charge is 2.46. The molecule has 2 saturated heterocycles. The Morgan fingerprint density at radius 3 is 2.19 bits per heavy atom. The summed E-state index contributed by atoms with van der Waals surface area (Å²) in [5.41, 5.74) is 0.724. The zero-order valence-corrected chi connectivity index (χ0v) is 22.4. The normalized spacial score (nSPS) is 24.6. The molecule has 0 amide bonds. The van der Waals surface area contributed by atoms with E-state index in [2.05, 4.69) is 44.9 Å². The minimum atomic E-state index is -3.85. The average Bonchev–Trinajstić information content (AvgIpc) is 3.21. The van der Waals surface area contributed by atoms with E-state index < -0.39 is 14.9 Å². The van der Waals surface area contributed by atoms with Gasteiger partial charge in [0, 0.05) is 29.8 Å². The van der Waals surface area contributed by atoms with E-state index in [0.29, 0.717) is 6.54 Å². The Morgan fingerprint density at radius 1 is 1.00 bits per heavy atom. The second-order valence-electron chi connectivity index (χ2n) is 11.2. The van der Waals surface area contributed by atoms with E-state index in [4.69, 9.17) is 4.84 Å². The number of rotatable bonds is 8. The Morgan fingerprint density at radius 2 is 1.61 bits per heavy atom. The molecule has 0 aliphatic carbocycles. The van der Waals surface area contributed by atoms with Gasteiger partial charge in [-0.05, 0) is 83.4 Å². The summed E-state index contributed by atoms with van der Waals surface area (Å²) in [4.78, 5) is 17.1. The lowest BCUT2D eigenvalue weighted by atomic mass is 9.82. The van der Waals surface area contributed by atoms with Gasteiger partial charge in [0.25, 0.3) is 5.69 Å². The molecule has 9 heteroatoms. The number of hydrogen-bond donors (Lipinski definition) is 0. The molecule has 2 fully saturated rings. The molecule has 0 bridgehead atoms. The van der Waals surface area contributed by atoms with E-state index in [1.54, 1.807) is 4.31 Å². The lowest BCUT2D eigenvalue weighted by Gasteiger charge is -2.51. The molecule has 0 aromatic heterocycles. The summed E-state index contributed by atoms with van der Waals surface area (Å²) in [7, 11) is -3.85. The number of hydrogen-bond acceptors (Lipinski definition) is 6. The molecule has 0 unspecified atom stereocenters. The van der Waals surface area contributed by atoms with Gasteiger partial charge in [0.2, 0.25) is 10.0 Å². The van der Waals surface area contributed by atoms with Crippen LogP contribution in [0.1, 0.15) is 58.9 Å². The summed E-state index contributed by atoms with van der Waals surface area (Å²) in [6.45, 7) is 9.35. The topological polar surface area (TPSA) is 93.0 Å². The molecule has 2 aliphatic rings. The van der Waals surface area contributed by atoms with Gasteiger partial charge in [0.1, 0.15) is 0 Å². The number of nitro benzene ring substituents is 1. The first-order valence-electron chi connectivity index (χ1n) is 12.7. The van der Waals surface area contributed by atoms with Gasteiger partial charge in [-0.1, -0.05) is 30.3 Å². The maximum atomic E-state index is 13.7. The molecular weight excluding hydrogens is 478 g/mol. The van der Waals surface area contributed by atoms with E-state index in [-0.39, 0.29) is 40.2 Å². The van der Waals surface area contributed by atoms with E-state index in [1.807, 2.05) is 18.2 Å². The van der Waals surface area contributed by atoms with Crippen molar-refractivity contribution < 1.29 is 18.2 Å². The van der Waals surface area contributed by atoms with Crippen LogP contribution in [-0.4, -0.2) is 53.0 Å². The number of nitrogens with zero attached hydrogens (tertiary/aromatic N) is 3. The van der Waals surface area contributed by atoms with Crippen molar-refractivity contribution >= 4 is 15.7 Å². The summed E-state index contributed by atoms with van der Waals surface area (Å²) >= 11 is 0. The summed E-state index contributed by atoms with van der Waals surface area (Å²) in [5, 5.41) is 13.1. The third kappa shape index (κ3) is 5.49. The Hall–Kier alpha value is -2.33. The summed E-state index contributed by atoms with van der Waals surface area (Å²) in [6.07, 6.45) is 4.63. The van der Waals surface area contributed by atoms with Crippen LogP contribution in [0.15, 0.2) is 59.5 Å². The third-order valence-corrected chi connectivity index (χ3v) is 9.62. The van der Waals surface area contributed by atoms with Crippen LogP contribution in [0.2, 0.25) is 0 Å². The van der Waals surface area contributed by atoms with Crippen LogP contribution in [0, 0.1) is 16.0 Å². The van der Waals surface area contributed by atoms with Crippen LogP contribution in [0.5, 0.6) is 0 Å². The third-order valence-electron chi connectivity index (χ3n) is 7.68. The van der Waals surface area contributed by atoms with Gasteiger partial charge in [0.15, 0.2) is 0 Å². The largest absolute Gasteiger partial charge is 0.296 e. The minimum absolute atomic E-state index is 0.0668. The molecule has 2 aliphatic heterocycles. The van der Waals surface area contributed by atoms with Crippen LogP contribution < -0.4 is 0 Å². The number of piperidine rings is 1. The van der Waals surface area contributed by atoms with E-state index >= 15 is 0 Å². The van der Waals surface area contributed by atoms with Gasteiger partial charge in [-0.25, -0.2) is 8.42 Å². The van der Waals surface area contributed by atoms with Crippen LogP contribution >= 0.6 is 0 Å². The van der Waals surface area contributed by atoms with Crippen molar-refractivity contribution in [3.63, 3.8) is 0 Å². The molecule has 2 atom stereocenters. The fourth-order valence-electron chi connectivity index (χ4n) is 5.91. The maximum Gasteiger partial charge on any atom is 0.269 e. The summed E-state index contributed by atoms with van der Waals surface area (Å²) in [5.74, 6) is 0.0937. The average molecular weight is 516 g/mol. The first kappa shape index (κ1) is 26.7. The molecule has 0 radical (unpaired) electrons. The number of hydroxylamine groups is 2. The smallest absolute Gasteiger partial charge is 0.269 e. The number of non-ortho nitro benzene ring substituents is 1. The lowest BCUT2D eigenvalue weighted by Crippen LogP contribution is -2.59. The van der Waals surface area contributed by atoms with Crippen molar-refractivity contribution in [1.29, 1.82) is 0 Å². The standard InChI is InChI=1S/C27H37N3O5S/c1-26(2)16-8-17-27(3,4)30(26)35-20-25-22(19-21-9-6-5-7-10-21)15-18-28(25)36(33,34)24-13-11-23(12-14-24)29(31)32/h5-7,9-14,22,25H,8,15-20H2,1-4H3/t22-,25-/m0/s1. The quantitative estimate of drug-likeness (QED) is 0.355. The van der Waals surface area contributed by atoms with Crippen LogP contribution in [0.3, 0.4) is 0 Å². The number of sulfonamides is 1. The fourth-order valence-corrected chi connectivity index (χ4v) is 7.60. The number of nitro groups is 1. The second kappa shape index (κ2) is 10.2. The van der Waals surface area contributed by atoms with Gasteiger partial charge in [-0.2, -0.15) is 9.37 Å². The highest BCUT2D eigenvalue weighted by Crippen LogP contribution is 2.40. The van der Waals surface area contributed by atoms with E-state index in [0.717, 1.165) is 32.1 Å². The highest BCUT2D eigenvalue weighted by molar-refractivity contribution is 7.89. The Bertz CT molecular complexity index is 1150. The van der Waals surface area contributed by atoms with Crippen molar-refractivity contribution in [2.45, 2.75) is 81.8 Å². The first-order chi connectivity index (χ1) is 16.9. The Kier molecular flexibility index (Phi) is 7.57. The predicted molar refractivity (Wildman–Crippen MR) is 139 cm³/mol. The predicted octanol–water partition coefficient (Wildman–Crippen LogP) is 5.19. The van der Waals surface area contributed by atoms with Crippen LogP contribution in [0.4, 0.5) is 5.69 Å². The molecule has 4 rings (SSSR count). The van der Waals surface area contributed by atoms with Crippen molar-refractivity contribution in [2.24, 2.45) is 5.92 Å². The van der Waals surface area contributed by atoms with Gasteiger partial charge < -0.3 is 0 Å². The van der Waals surface area contributed by atoms with Gasteiger partial charge in [-0.3, -0.25) is 15.0 Å². The molecule has 0 saturated carbocycles. The van der Waals surface area contributed by atoms with Gasteiger partial charge >= 0.3 is 0 Å². The fraction of sp³-hybridized carbons (Fsp3) is 0.556. The second-order valence-corrected chi connectivity index (χ2v) is 13.1. The molecule has 0 spiro atoms. The zero-order chi connectivity index (χ0) is 26.1. The first-order valence-corrected chi connectivity index (χ1v) is 14.1. The van der Waals surface area contributed by atoms with Crippen LogP contribution in [0.25, 0.3) is 0 Å². The van der Waals surface area contributed by atoms with E-state index in [9.17, 15) is 18.5 Å². The molecule has 36 heavy (non-hydrogen) atoms. The number of benzene rings is 2. The molecular formula is C27H37N3O5S. The van der Waals surface area contributed by atoms with Crippen LogP contribution in [-0.2, 0) is 21.3 Å². The highest BCUT2D eigenvalue weighted by atomic mass is 32.2. The SMILES string of the molecule is CC1(C)CCCC(C)(C)N1OC[C@H]1[C@H](Cc2ccccc2)CCN1S(=O)(=O)c1ccc([N+](=O)[O-])cc1. The summed E-state index contributed by atoms with van der Waals surface area (Å²) in [6, 6.07) is 14.9. The monoisotopic (exact) mass is 515 g/mol. The molecule has 2 heterocycles. The molecule has 8 nitrogen and oxygen atoms in total. The van der Waals surface area contributed by atoms with Gasteiger partial charge in [0.05, 0.1) is 22.5 Å². The minimum Gasteiger partial charge on any atom is -0.296 e. The lowest BCUT2D eigenvalue weighted by molar-refractivity contribution is -0.384. The Balaban J connectivity index is 1.62. The van der Waals surface area contributed by atoms with Gasteiger partial charge in [-0.15, -0.1) is 0 Å². The molecule has 196 valence electrons. The zero-order valence-electron chi connectivity index (χ0n) is 21.6.